The molecule has 18 heavy (non-hydrogen) atoms. The lowest BCUT2D eigenvalue weighted by molar-refractivity contribution is 0.0468. The van der Waals surface area contributed by atoms with Gasteiger partial charge < -0.3 is 10.0 Å². The SMILES string of the molecule is CN(C(=O)c1ncc(Cl)c(Cl)c1Cl)C(C)(C)CO. The molecule has 0 spiro atoms. The normalized spacial score (nSPS) is 11.5. The van der Waals surface area contributed by atoms with E-state index in [0.29, 0.717) is 0 Å². The smallest absolute Gasteiger partial charge is 0.274 e. The zero-order valence-electron chi connectivity index (χ0n) is 10.2. The number of aromatic nitrogens is 1. The molecule has 0 unspecified atom stereocenters. The van der Waals surface area contributed by atoms with Gasteiger partial charge >= 0.3 is 0 Å². The van der Waals surface area contributed by atoms with E-state index < -0.39 is 11.4 Å². The molecule has 0 aliphatic rings. The Labute approximate surface area is 120 Å². The third-order valence-electron chi connectivity index (χ3n) is 2.72. The van der Waals surface area contributed by atoms with Crippen LogP contribution in [0, 0.1) is 0 Å². The maximum atomic E-state index is 12.2. The minimum absolute atomic E-state index is 0.00903. The first kappa shape index (κ1) is 15.5. The molecule has 0 aliphatic carbocycles. The highest BCUT2D eigenvalue weighted by Crippen LogP contribution is 2.32. The minimum Gasteiger partial charge on any atom is -0.394 e. The molecule has 1 aromatic rings. The zero-order valence-corrected chi connectivity index (χ0v) is 12.4. The second-order valence-electron chi connectivity index (χ2n) is 4.42. The van der Waals surface area contributed by atoms with Gasteiger partial charge in [-0.05, 0) is 13.8 Å². The summed E-state index contributed by atoms with van der Waals surface area (Å²) in [7, 11) is 1.55. The fourth-order valence-electron chi connectivity index (χ4n) is 1.13. The Morgan fingerprint density at radius 2 is 1.94 bits per heavy atom. The number of carbonyl (C=O) groups is 1. The first-order valence-corrected chi connectivity index (χ1v) is 6.24. The molecular formula is C11H13Cl3N2O2. The van der Waals surface area contributed by atoms with Crippen LogP contribution in [0.15, 0.2) is 6.20 Å². The Morgan fingerprint density at radius 3 is 2.44 bits per heavy atom. The highest BCUT2D eigenvalue weighted by Gasteiger charge is 2.30. The van der Waals surface area contributed by atoms with E-state index in [2.05, 4.69) is 4.98 Å². The number of nitrogens with zero attached hydrogens (tertiary/aromatic N) is 2. The fraction of sp³-hybridized carbons (Fsp3) is 0.455. The molecule has 4 nitrogen and oxygen atoms in total. The molecule has 0 aromatic carbocycles. The van der Waals surface area contributed by atoms with Crippen LogP contribution in [-0.4, -0.2) is 40.1 Å². The van der Waals surface area contributed by atoms with E-state index in [1.807, 2.05) is 0 Å². The number of amides is 1. The van der Waals surface area contributed by atoms with E-state index in [0.717, 1.165) is 0 Å². The third kappa shape index (κ3) is 2.88. The fourth-order valence-corrected chi connectivity index (χ4v) is 1.69. The number of aliphatic hydroxyl groups is 1. The van der Waals surface area contributed by atoms with E-state index in [4.69, 9.17) is 34.8 Å². The summed E-state index contributed by atoms with van der Waals surface area (Å²) in [5, 5.41) is 9.52. The van der Waals surface area contributed by atoms with Gasteiger partial charge in [-0.2, -0.15) is 0 Å². The van der Waals surface area contributed by atoms with Gasteiger partial charge in [0.1, 0.15) is 5.69 Å². The molecular weight excluding hydrogens is 298 g/mol. The van der Waals surface area contributed by atoms with Crippen molar-refractivity contribution in [2.24, 2.45) is 0 Å². The topological polar surface area (TPSA) is 53.4 Å². The summed E-state index contributed by atoms with van der Waals surface area (Å²) in [5.74, 6) is -0.433. The third-order valence-corrected chi connectivity index (χ3v) is 3.96. The van der Waals surface area contributed by atoms with Crippen LogP contribution in [0.3, 0.4) is 0 Å². The molecule has 100 valence electrons. The second kappa shape index (κ2) is 5.61. The van der Waals surface area contributed by atoms with E-state index >= 15 is 0 Å². The van der Waals surface area contributed by atoms with E-state index in [9.17, 15) is 9.90 Å². The number of hydrogen-bond donors (Lipinski definition) is 1. The van der Waals surface area contributed by atoms with Gasteiger partial charge in [0.15, 0.2) is 0 Å². The number of hydrogen-bond acceptors (Lipinski definition) is 3. The molecule has 0 bridgehead atoms. The number of carbonyl (C=O) groups excluding carboxylic acids is 1. The first-order valence-electron chi connectivity index (χ1n) is 5.11. The van der Waals surface area contributed by atoms with Gasteiger partial charge in [-0.3, -0.25) is 4.79 Å². The number of aliphatic hydroxyl groups excluding tert-OH is 1. The first-order chi connectivity index (χ1) is 8.22. The van der Waals surface area contributed by atoms with Crippen LogP contribution in [0.25, 0.3) is 0 Å². The van der Waals surface area contributed by atoms with Crippen molar-refractivity contribution in [3.05, 3.63) is 27.0 Å². The summed E-state index contributed by atoms with van der Waals surface area (Å²) in [4.78, 5) is 17.4. The highest BCUT2D eigenvalue weighted by atomic mass is 35.5. The van der Waals surface area contributed by atoms with Crippen molar-refractivity contribution in [2.45, 2.75) is 19.4 Å². The van der Waals surface area contributed by atoms with Crippen LogP contribution in [-0.2, 0) is 0 Å². The molecule has 7 heteroatoms. The molecule has 0 atom stereocenters. The predicted octanol–water partition coefficient (Wildman–Crippen LogP) is 2.88. The maximum absolute atomic E-state index is 12.2. The average molecular weight is 312 g/mol. The minimum atomic E-state index is -0.728. The van der Waals surface area contributed by atoms with Gasteiger partial charge in [0.2, 0.25) is 0 Å². The standard InChI is InChI=1S/C11H13Cl3N2O2/c1-11(2,5-17)16(3)10(18)9-8(14)7(13)6(12)4-15-9/h4,17H,5H2,1-3H3. The summed E-state index contributed by atoms with van der Waals surface area (Å²) in [6.07, 6.45) is 1.27. The Hall–Kier alpha value is -0.550. The van der Waals surface area contributed by atoms with Crippen LogP contribution in [0.1, 0.15) is 24.3 Å². The lowest BCUT2D eigenvalue weighted by Crippen LogP contribution is -2.48. The summed E-state index contributed by atoms with van der Waals surface area (Å²) in [6, 6.07) is 0. The molecule has 1 amide bonds. The largest absolute Gasteiger partial charge is 0.394 e. The number of pyridine rings is 1. The molecule has 0 aliphatic heterocycles. The number of rotatable bonds is 3. The zero-order chi connectivity index (χ0) is 14.1. The van der Waals surface area contributed by atoms with Crippen LogP contribution in [0.4, 0.5) is 0 Å². The van der Waals surface area contributed by atoms with Crippen molar-refractivity contribution in [3.8, 4) is 0 Å². The van der Waals surface area contributed by atoms with Crippen LogP contribution >= 0.6 is 34.8 Å². The summed E-state index contributed by atoms with van der Waals surface area (Å²) >= 11 is 17.5. The maximum Gasteiger partial charge on any atom is 0.274 e. The molecule has 0 saturated heterocycles. The van der Waals surface area contributed by atoms with Gasteiger partial charge in [-0.15, -0.1) is 0 Å². The van der Waals surface area contributed by atoms with Crippen molar-refractivity contribution in [3.63, 3.8) is 0 Å². The molecule has 1 N–H and O–H groups in total. The van der Waals surface area contributed by atoms with Crippen LogP contribution in [0.2, 0.25) is 15.1 Å². The monoisotopic (exact) mass is 310 g/mol. The van der Waals surface area contributed by atoms with Crippen molar-refractivity contribution in [2.75, 3.05) is 13.7 Å². The van der Waals surface area contributed by atoms with Crippen molar-refractivity contribution in [1.29, 1.82) is 0 Å². The number of halogens is 3. The molecule has 1 rings (SSSR count). The Morgan fingerprint density at radius 1 is 1.39 bits per heavy atom. The van der Waals surface area contributed by atoms with Gasteiger partial charge in [0, 0.05) is 13.2 Å². The molecule has 1 aromatic heterocycles. The summed E-state index contributed by atoms with van der Waals surface area (Å²) in [5.41, 5.74) is -0.719. The lowest BCUT2D eigenvalue weighted by Gasteiger charge is -2.33. The quantitative estimate of drug-likeness (QED) is 0.934. The van der Waals surface area contributed by atoms with Crippen molar-refractivity contribution in [1.82, 2.24) is 9.88 Å². The van der Waals surface area contributed by atoms with Gasteiger partial charge in [-0.25, -0.2) is 4.98 Å². The van der Waals surface area contributed by atoms with E-state index in [1.165, 1.54) is 11.1 Å². The van der Waals surface area contributed by atoms with E-state index in [-0.39, 0.29) is 27.4 Å². The van der Waals surface area contributed by atoms with E-state index in [1.54, 1.807) is 20.9 Å². The summed E-state index contributed by atoms with van der Waals surface area (Å²) in [6.45, 7) is 3.25. The van der Waals surface area contributed by atoms with Gasteiger partial charge in [-0.1, -0.05) is 34.8 Å². The molecule has 0 radical (unpaired) electrons. The number of likely N-dealkylation sites (N-methyl/N-ethyl adjacent to an activating group) is 1. The Kier molecular flexibility index (Phi) is 4.84. The average Bonchev–Trinajstić information content (AvgIpc) is 2.34. The molecule has 0 saturated carbocycles. The Balaban J connectivity index is 3.17. The van der Waals surface area contributed by atoms with Gasteiger partial charge in [0.25, 0.3) is 5.91 Å². The lowest BCUT2D eigenvalue weighted by atomic mass is 10.0. The molecule has 0 fully saturated rings. The molecule has 1 heterocycles. The van der Waals surface area contributed by atoms with Gasteiger partial charge in [0.05, 0.1) is 27.2 Å². The Bertz CT molecular complexity index is 478. The van der Waals surface area contributed by atoms with Crippen molar-refractivity contribution < 1.29 is 9.90 Å². The van der Waals surface area contributed by atoms with Crippen molar-refractivity contribution >= 4 is 40.7 Å². The van der Waals surface area contributed by atoms with Crippen LogP contribution < -0.4 is 0 Å². The second-order valence-corrected chi connectivity index (χ2v) is 5.58. The van der Waals surface area contributed by atoms with Crippen LogP contribution in [0.5, 0.6) is 0 Å². The summed E-state index contributed by atoms with van der Waals surface area (Å²) < 4.78 is 0. The highest BCUT2D eigenvalue weighted by molar-refractivity contribution is 6.48. The predicted molar refractivity (Wildman–Crippen MR) is 72.5 cm³/mol.